The number of imide groups is 2. The second kappa shape index (κ2) is 13.2. The van der Waals surface area contributed by atoms with Gasteiger partial charge >= 0.3 is 5.97 Å². The van der Waals surface area contributed by atoms with Crippen LogP contribution in [0, 0.1) is 0 Å². The Kier molecular flexibility index (Phi) is 8.03. The number of esters is 1. The molecule has 3 heterocycles. The summed E-state index contributed by atoms with van der Waals surface area (Å²) in [4.78, 5) is 102. The van der Waals surface area contributed by atoms with E-state index in [0.29, 0.717) is 21.9 Å². The number of hydrogen-bond donors (Lipinski definition) is 0. The molecule has 0 fully saturated rings. The lowest BCUT2D eigenvalue weighted by molar-refractivity contribution is 0.0475. The number of Topliss-reactive ketones (excluding diaryl/α,β-unsaturated/α-hetero) is 2. The summed E-state index contributed by atoms with van der Waals surface area (Å²) in [5.74, 6) is -4.99. The molecule has 1 aliphatic carbocycles. The van der Waals surface area contributed by atoms with Gasteiger partial charge in [0.05, 0.1) is 40.2 Å². The van der Waals surface area contributed by atoms with E-state index in [2.05, 4.69) is 15.9 Å². The van der Waals surface area contributed by atoms with Crippen LogP contribution in [0.3, 0.4) is 0 Å². The summed E-state index contributed by atoms with van der Waals surface area (Å²) in [6, 6.07) is 32.0. The van der Waals surface area contributed by atoms with Crippen molar-refractivity contribution < 1.29 is 38.3 Å². The number of fused-ring (bicyclic) bond motifs is 4. The highest BCUT2D eigenvalue weighted by atomic mass is 79.9. The number of carbonyl (C=O) groups excluding carboxylic acids is 7. The van der Waals surface area contributed by atoms with E-state index < -0.39 is 47.1 Å². The summed E-state index contributed by atoms with van der Waals surface area (Å²) in [7, 11) is 0. The zero-order valence-corrected chi connectivity index (χ0v) is 31.7. The number of pyridine rings is 1. The lowest BCUT2D eigenvalue weighted by atomic mass is 9.94. The molecular formula is C46H26BrN3O8. The number of para-hydroxylation sites is 1. The first kappa shape index (κ1) is 35.2. The summed E-state index contributed by atoms with van der Waals surface area (Å²) in [5, 5.41) is 3.60. The molecule has 4 amide bonds. The van der Waals surface area contributed by atoms with Crippen LogP contribution in [0.2, 0.25) is 0 Å². The largest absolute Gasteiger partial charge is 0.462 e. The summed E-state index contributed by atoms with van der Waals surface area (Å²) in [6.45, 7) is -0.0871. The lowest BCUT2D eigenvalue weighted by Gasteiger charge is -2.27. The van der Waals surface area contributed by atoms with Gasteiger partial charge in [0, 0.05) is 44.0 Å². The number of amides is 4. The second-order valence-electron chi connectivity index (χ2n) is 14.3. The molecule has 2 aliphatic heterocycles. The minimum atomic E-state index is -1.32. The van der Waals surface area contributed by atoms with Crippen LogP contribution < -0.4 is 4.90 Å². The molecule has 7 aromatic rings. The number of rotatable bonds is 7. The van der Waals surface area contributed by atoms with Gasteiger partial charge in [-0.1, -0.05) is 64.5 Å². The molecule has 58 heavy (non-hydrogen) atoms. The Morgan fingerprint density at radius 1 is 0.603 bits per heavy atom. The number of carbonyl (C=O) groups is 7. The van der Waals surface area contributed by atoms with Gasteiger partial charge in [0.1, 0.15) is 5.92 Å². The molecule has 12 heteroatoms. The molecule has 0 saturated heterocycles. The Bertz CT molecular complexity index is 3050. The third-order valence-electron chi connectivity index (χ3n) is 11.0. The molecular weight excluding hydrogens is 802 g/mol. The van der Waals surface area contributed by atoms with Crippen LogP contribution in [0.15, 0.2) is 120 Å². The molecule has 1 unspecified atom stereocenters. The van der Waals surface area contributed by atoms with Gasteiger partial charge in [0.2, 0.25) is 0 Å². The van der Waals surface area contributed by atoms with Gasteiger partial charge in [-0.15, -0.1) is 0 Å². The summed E-state index contributed by atoms with van der Waals surface area (Å²) < 4.78 is 6.30. The molecule has 0 radical (unpaired) electrons. The van der Waals surface area contributed by atoms with E-state index in [0.717, 1.165) is 30.4 Å². The van der Waals surface area contributed by atoms with Crippen LogP contribution in [0.1, 0.15) is 90.5 Å². The molecule has 280 valence electrons. The van der Waals surface area contributed by atoms with Crippen molar-refractivity contribution in [1.29, 1.82) is 0 Å². The number of halogens is 1. The van der Waals surface area contributed by atoms with Gasteiger partial charge in [-0.25, -0.2) is 14.7 Å². The average molecular weight is 829 g/mol. The molecule has 3 aliphatic rings. The number of ketones is 2. The quantitative estimate of drug-likeness (QED) is 0.0673. The number of hydrogen-bond acceptors (Lipinski definition) is 9. The van der Waals surface area contributed by atoms with Crippen molar-refractivity contribution in [2.24, 2.45) is 0 Å². The molecule has 0 N–H and O–H groups in total. The second-order valence-corrected chi connectivity index (χ2v) is 15.2. The van der Waals surface area contributed by atoms with Crippen molar-refractivity contribution in [1.82, 2.24) is 9.88 Å². The Hall–Kier alpha value is -7.18. The summed E-state index contributed by atoms with van der Waals surface area (Å²) in [6.07, 6.45) is 0.177. The topological polar surface area (TPSA) is 148 Å². The molecule has 0 saturated carbocycles. The van der Waals surface area contributed by atoms with E-state index in [-0.39, 0.29) is 64.3 Å². The van der Waals surface area contributed by atoms with E-state index in [4.69, 9.17) is 9.72 Å². The van der Waals surface area contributed by atoms with Crippen LogP contribution in [0.25, 0.3) is 32.4 Å². The monoisotopic (exact) mass is 827 g/mol. The van der Waals surface area contributed by atoms with Crippen molar-refractivity contribution in [2.45, 2.75) is 12.3 Å². The third-order valence-corrected chi connectivity index (χ3v) is 11.5. The van der Waals surface area contributed by atoms with Crippen LogP contribution in [-0.2, 0) is 4.74 Å². The van der Waals surface area contributed by atoms with Gasteiger partial charge in [0.15, 0.2) is 11.6 Å². The smallest absolute Gasteiger partial charge is 0.338 e. The highest BCUT2D eigenvalue weighted by Gasteiger charge is 2.42. The number of benzene rings is 6. The fourth-order valence-electron chi connectivity index (χ4n) is 8.21. The fourth-order valence-corrected chi connectivity index (χ4v) is 8.58. The SMILES string of the molecule is O=C(OCCCN1C(=O)c2cccc3cccc(c23)C1=O)c1ccc2c(c1)C(=O)C(c1ccc3cccc(N4C(=O)c5cc6ccc(Br)cc6cc5C4=O)c3n1)C2=O. The average Bonchev–Trinajstić information content (AvgIpc) is 3.63. The molecule has 1 aromatic heterocycles. The zero-order chi connectivity index (χ0) is 40.0. The Balaban J connectivity index is 0.861. The van der Waals surface area contributed by atoms with Gasteiger partial charge < -0.3 is 4.74 Å². The maximum absolute atomic E-state index is 13.9. The normalized spacial score (nSPS) is 15.9. The minimum Gasteiger partial charge on any atom is -0.462 e. The van der Waals surface area contributed by atoms with Gasteiger partial charge in [-0.2, -0.15) is 0 Å². The van der Waals surface area contributed by atoms with Crippen molar-refractivity contribution in [3.8, 4) is 0 Å². The predicted octanol–water partition coefficient (Wildman–Crippen LogP) is 8.11. The minimum absolute atomic E-state index is 0.0250. The molecule has 10 rings (SSSR count). The van der Waals surface area contributed by atoms with E-state index >= 15 is 0 Å². The number of aromatic nitrogens is 1. The number of anilines is 1. The van der Waals surface area contributed by atoms with E-state index in [1.165, 1.54) is 18.2 Å². The van der Waals surface area contributed by atoms with Gasteiger partial charge in [0.25, 0.3) is 23.6 Å². The standard InChI is InChI=1S/C46H26BrN3O8/c47-28-14-11-25-20-33-34(22-27(25)19-28)45(56)50(44(33)55)36-10-3-7-24-13-16-35(48-39(24)36)38-40(51)29-15-12-26(21-32(29)41(38)52)46(57)58-18-4-17-49-42(53)30-8-1-5-23-6-2-9-31(37(23)30)43(49)54/h1-3,5-16,19-22,38H,4,17-18H2. The van der Waals surface area contributed by atoms with Crippen molar-refractivity contribution in [2.75, 3.05) is 18.1 Å². The van der Waals surface area contributed by atoms with E-state index in [9.17, 15) is 33.6 Å². The first-order valence-electron chi connectivity index (χ1n) is 18.4. The Morgan fingerprint density at radius 3 is 2.00 bits per heavy atom. The van der Waals surface area contributed by atoms with Crippen LogP contribution in [0.5, 0.6) is 0 Å². The molecule has 1 atom stereocenters. The summed E-state index contributed by atoms with van der Waals surface area (Å²) in [5.41, 5.74) is 2.20. The zero-order valence-electron chi connectivity index (χ0n) is 30.2. The van der Waals surface area contributed by atoms with Crippen molar-refractivity contribution >= 4 is 95.2 Å². The molecule has 0 spiro atoms. The van der Waals surface area contributed by atoms with Crippen molar-refractivity contribution in [3.63, 3.8) is 0 Å². The molecule has 6 aromatic carbocycles. The lowest BCUT2D eigenvalue weighted by Crippen LogP contribution is -2.41. The maximum Gasteiger partial charge on any atom is 0.338 e. The van der Waals surface area contributed by atoms with Crippen LogP contribution in [0.4, 0.5) is 5.69 Å². The number of ether oxygens (including phenoxy) is 1. The third kappa shape index (κ3) is 5.32. The highest BCUT2D eigenvalue weighted by molar-refractivity contribution is 9.10. The fraction of sp³-hybridized carbons (Fsp3) is 0.0870. The predicted molar refractivity (Wildman–Crippen MR) is 217 cm³/mol. The van der Waals surface area contributed by atoms with Crippen molar-refractivity contribution in [3.05, 3.63) is 164 Å². The first-order chi connectivity index (χ1) is 28.1. The number of nitrogens with zero attached hydrogens (tertiary/aromatic N) is 3. The first-order valence-corrected chi connectivity index (χ1v) is 19.2. The molecule has 0 bridgehead atoms. The van der Waals surface area contributed by atoms with Gasteiger partial charge in [-0.05, 0) is 89.3 Å². The van der Waals surface area contributed by atoms with E-state index in [1.54, 1.807) is 66.7 Å². The summed E-state index contributed by atoms with van der Waals surface area (Å²) >= 11 is 3.45. The van der Waals surface area contributed by atoms with Gasteiger partial charge in [-0.3, -0.25) is 33.7 Å². The Morgan fingerprint density at radius 2 is 1.26 bits per heavy atom. The Labute approximate surface area is 336 Å². The highest BCUT2D eigenvalue weighted by Crippen LogP contribution is 2.39. The van der Waals surface area contributed by atoms with Crippen LogP contribution in [-0.4, -0.2) is 64.2 Å². The van der Waals surface area contributed by atoms with Crippen LogP contribution >= 0.6 is 15.9 Å². The van der Waals surface area contributed by atoms with E-state index in [1.807, 2.05) is 30.3 Å². The maximum atomic E-state index is 13.9. The molecule has 11 nitrogen and oxygen atoms in total.